The van der Waals surface area contributed by atoms with Gasteiger partial charge in [-0.2, -0.15) is 0 Å². The summed E-state index contributed by atoms with van der Waals surface area (Å²) >= 11 is 0. The Morgan fingerprint density at radius 1 is 0.368 bits per heavy atom. The van der Waals surface area contributed by atoms with E-state index in [4.69, 9.17) is 34.9 Å². The van der Waals surface area contributed by atoms with E-state index < -0.39 is 129 Å². The number of hydrogen-bond acceptors (Lipinski definition) is 18. The zero-order chi connectivity index (χ0) is 79.1. The van der Waals surface area contributed by atoms with Crippen molar-refractivity contribution in [1.82, 2.24) is 21.3 Å². The average Bonchev–Trinajstić information content (AvgIpc) is 0.834. The molecule has 24 nitrogen and oxygen atoms in total. The van der Waals surface area contributed by atoms with Gasteiger partial charge in [0.15, 0.2) is 0 Å². The molecule has 0 bridgehead atoms. The summed E-state index contributed by atoms with van der Waals surface area (Å²) in [6, 6.07) is 50.0. The molecule has 10 N–H and O–H groups in total. The molecule has 0 saturated carbocycles. The molecule has 13 atom stereocenters. The fraction of sp³-hybridized carbons (Fsp3) is 0.443. The van der Waals surface area contributed by atoms with E-state index in [1.165, 1.54) is 48.5 Å². The molecule has 106 heavy (non-hydrogen) atoms. The van der Waals surface area contributed by atoms with E-state index in [2.05, 4.69) is 21.3 Å². The van der Waals surface area contributed by atoms with Crippen molar-refractivity contribution >= 4 is 69.6 Å². The second kappa shape index (κ2) is 44.0. The number of rotatable bonds is 36. The molecule has 0 aliphatic heterocycles. The molecule has 27 heteroatoms. The van der Waals surface area contributed by atoms with Gasteiger partial charge in [0.2, 0.25) is 52.0 Å². The minimum Gasteiger partial charge on any atom is -0.464 e. The first-order valence-electron chi connectivity index (χ1n) is 35.7. The first-order chi connectivity index (χ1) is 49.9. The minimum absolute atomic E-state index is 0.176. The van der Waals surface area contributed by atoms with Gasteiger partial charge in [-0.05, 0) is 139 Å². The normalized spacial score (nSPS) is 15.7. The summed E-state index contributed by atoms with van der Waals surface area (Å²) in [7, 11) is -11.4. The standard InChI is InChI=1S/C29H41N2O7P.C27H37N2O6P.C23H31N2O5P/c1-7-36-29(34)20(4)31-27(32)26(17-23-13-15-25(16-14-23)24-11-9-8-10-12-24)18-39(35,21(5)30)38-22(6)37-28(33)19(2)3;1-6-35-27(32)19(4)28-26(31)24(17-36(33,34)20(5)29-25(30)18(2)3)16-21-12-14-23(15-13-21)22-10-8-7-9-11-22;1-4-30-23(27)16(2)25-22(26)21(15-31(28,29)17(3)24)14-18-10-12-20(13-11-18)19-8-6-5-7-9-19/h8-16,19-22,26H,7,17-18,30H2,1-6H3,(H,31,32);7-15,18-20,24H,6,16-17H2,1-5H3,(H,28,31)(H,29,30)(H,33,34);5-13,16-17,21H,4,14-15,24H2,1-3H3,(H,25,26)(H,28,29)/t20-,21+,22?,26+,39?;19-,20+,24+;16-,17+,21+/m000/s1. The third-order valence-electron chi connectivity index (χ3n) is 17.0. The Balaban J connectivity index is 0.000000338. The number of nitrogens with two attached hydrogens (primary N) is 2. The van der Waals surface area contributed by atoms with Crippen molar-refractivity contribution in [2.45, 2.75) is 158 Å². The number of esters is 4. The van der Waals surface area contributed by atoms with E-state index in [9.17, 15) is 61.8 Å². The fourth-order valence-electron chi connectivity index (χ4n) is 10.6. The van der Waals surface area contributed by atoms with Crippen molar-refractivity contribution in [3.05, 3.63) is 180 Å². The summed E-state index contributed by atoms with van der Waals surface area (Å²) in [5, 5.41) is 10.4. The maximum Gasteiger partial charge on any atom is 0.328 e. The quantitative estimate of drug-likeness (QED) is 0.00784. The highest BCUT2D eigenvalue weighted by Gasteiger charge is 2.40. The van der Waals surface area contributed by atoms with Gasteiger partial charge in [0.05, 0.1) is 55.1 Å². The predicted octanol–water partition coefficient (Wildman–Crippen LogP) is 11.8. The summed E-state index contributed by atoms with van der Waals surface area (Å²) in [5.74, 6) is -10.3. The molecule has 0 aliphatic carbocycles. The van der Waals surface area contributed by atoms with Crippen molar-refractivity contribution in [1.29, 1.82) is 0 Å². The van der Waals surface area contributed by atoms with Crippen molar-refractivity contribution in [3.63, 3.8) is 0 Å². The molecule has 6 aromatic carbocycles. The van der Waals surface area contributed by atoms with Crippen LogP contribution in [-0.4, -0.2) is 137 Å². The Kier molecular flexibility index (Phi) is 37.4. The van der Waals surface area contributed by atoms with Crippen molar-refractivity contribution in [2.24, 2.45) is 41.1 Å². The Labute approximate surface area is 624 Å². The molecule has 4 unspecified atom stereocenters. The lowest BCUT2D eigenvalue weighted by Gasteiger charge is -2.29. The molecule has 0 fully saturated rings. The van der Waals surface area contributed by atoms with Crippen molar-refractivity contribution in [3.8, 4) is 33.4 Å². The van der Waals surface area contributed by atoms with Crippen LogP contribution in [0.2, 0.25) is 0 Å². The van der Waals surface area contributed by atoms with E-state index in [0.29, 0.717) is 0 Å². The van der Waals surface area contributed by atoms with Gasteiger partial charge >= 0.3 is 23.9 Å². The number of ether oxygens (including phenoxy) is 4. The third-order valence-corrected chi connectivity index (χ3v) is 24.4. The van der Waals surface area contributed by atoms with Crippen molar-refractivity contribution in [2.75, 3.05) is 38.3 Å². The molecular formula is C79H109N6O18P3. The Morgan fingerprint density at radius 2 is 0.660 bits per heavy atom. The van der Waals surface area contributed by atoms with E-state index in [-0.39, 0.29) is 69.4 Å². The monoisotopic (exact) mass is 1520 g/mol. The number of amides is 4. The van der Waals surface area contributed by atoms with Crippen LogP contribution in [0.3, 0.4) is 0 Å². The van der Waals surface area contributed by atoms with Crippen LogP contribution >= 0.6 is 22.1 Å². The summed E-state index contributed by atoms with van der Waals surface area (Å²) < 4.78 is 65.5. The molecule has 578 valence electrons. The van der Waals surface area contributed by atoms with Gasteiger partial charge in [-0.3, -0.25) is 42.2 Å². The molecule has 6 aromatic rings. The maximum atomic E-state index is 13.9. The van der Waals surface area contributed by atoms with E-state index in [1.54, 1.807) is 48.5 Å². The Morgan fingerprint density at radius 3 is 0.934 bits per heavy atom. The highest BCUT2D eigenvalue weighted by Crippen LogP contribution is 2.53. The van der Waals surface area contributed by atoms with Crippen molar-refractivity contribution < 1.29 is 85.3 Å². The van der Waals surface area contributed by atoms with E-state index in [0.717, 1.165) is 50.1 Å². The average molecular weight is 1520 g/mol. The van der Waals surface area contributed by atoms with Gasteiger partial charge in [-0.15, -0.1) is 0 Å². The third kappa shape index (κ3) is 30.1. The van der Waals surface area contributed by atoms with Crippen LogP contribution in [0.25, 0.3) is 33.4 Å². The predicted molar refractivity (Wildman–Crippen MR) is 413 cm³/mol. The van der Waals surface area contributed by atoms with Gasteiger partial charge < -0.3 is 61.5 Å². The van der Waals surface area contributed by atoms with Gasteiger partial charge in [0.1, 0.15) is 23.9 Å². The summed E-state index contributed by atoms with van der Waals surface area (Å²) in [6.07, 6.45) is -1.31. The smallest absolute Gasteiger partial charge is 0.328 e. The van der Waals surface area contributed by atoms with E-state index >= 15 is 0 Å². The zero-order valence-electron chi connectivity index (χ0n) is 63.3. The second-order valence-electron chi connectivity index (χ2n) is 26.7. The zero-order valence-corrected chi connectivity index (χ0v) is 66.0. The number of carbonyl (C=O) groups is 8. The second-order valence-corrected chi connectivity index (χ2v) is 34.9. The molecule has 4 amide bonds. The van der Waals surface area contributed by atoms with Gasteiger partial charge in [-0.1, -0.05) is 191 Å². The van der Waals surface area contributed by atoms with Crippen LogP contribution in [0, 0.1) is 29.6 Å². The first-order valence-corrected chi connectivity index (χ1v) is 41.4. The summed E-state index contributed by atoms with van der Waals surface area (Å²) in [6.45, 7) is 22.8. The lowest BCUT2D eigenvalue weighted by atomic mass is 9.97. The van der Waals surface area contributed by atoms with Gasteiger partial charge in [0, 0.05) is 24.4 Å². The molecular weight excluding hydrogens is 1410 g/mol. The molecule has 0 heterocycles. The molecule has 0 saturated heterocycles. The fourth-order valence-corrected chi connectivity index (χ4v) is 15.4. The van der Waals surface area contributed by atoms with Crippen LogP contribution in [-0.2, 0) is 94.8 Å². The lowest BCUT2D eigenvalue weighted by molar-refractivity contribution is -0.165. The summed E-state index contributed by atoms with van der Waals surface area (Å²) in [4.78, 5) is 121. The van der Waals surface area contributed by atoms with Crippen LogP contribution in [0.5, 0.6) is 0 Å². The Hall–Kier alpha value is -8.43. The number of carbonyl (C=O) groups excluding carboxylic acids is 8. The highest BCUT2D eigenvalue weighted by molar-refractivity contribution is 7.60. The molecule has 0 aliphatic rings. The molecule has 0 spiro atoms. The summed E-state index contributed by atoms with van der Waals surface area (Å²) in [5.41, 5.74) is 20.5. The maximum absolute atomic E-state index is 13.9. The number of hydrogen-bond donors (Lipinski definition) is 8. The minimum atomic E-state index is -3.97. The van der Waals surface area contributed by atoms with Crippen LogP contribution in [0.1, 0.15) is 114 Å². The van der Waals surface area contributed by atoms with Gasteiger partial charge in [0.25, 0.3) is 0 Å². The van der Waals surface area contributed by atoms with Crippen LogP contribution in [0.15, 0.2) is 164 Å². The lowest BCUT2D eigenvalue weighted by Crippen LogP contribution is -2.44. The van der Waals surface area contributed by atoms with Crippen LogP contribution < -0.4 is 32.7 Å². The van der Waals surface area contributed by atoms with Crippen LogP contribution in [0.4, 0.5) is 0 Å². The number of nitrogens with one attached hydrogen (secondary N) is 4. The SMILES string of the molecule is CCOC(=O)[C@H](C)NC(=O)[C@H](Cc1ccc(-c2ccccc2)cc1)CP(=O)(O)[C@H](C)N.CCOC(=O)[C@H](C)NC(=O)[C@H](Cc1ccc(-c2ccccc2)cc1)CP(=O)(O)[C@H](C)NC(=O)C(C)C.CCOC(=O)[C@H](C)NC(=O)[C@H](Cc1ccc(-c2ccccc2)cc1)CP(=O)(OC(C)OC(=O)C(C)C)[C@H](C)N. The Bertz CT molecular complexity index is 3920. The highest BCUT2D eigenvalue weighted by atomic mass is 31.2. The first kappa shape index (κ1) is 90.0. The molecule has 0 radical (unpaired) electrons. The molecule has 6 rings (SSSR count). The molecule has 0 aromatic heterocycles. The topological polar surface area (TPSA) is 375 Å². The van der Waals surface area contributed by atoms with E-state index in [1.807, 2.05) is 164 Å². The largest absolute Gasteiger partial charge is 0.464 e. The van der Waals surface area contributed by atoms with Gasteiger partial charge in [-0.25, -0.2) is 14.4 Å². The number of benzene rings is 6.